The third kappa shape index (κ3) is 3.98. The van der Waals surface area contributed by atoms with Gasteiger partial charge in [-0.2, -0.15) is 0 Å². The minimum absolute atomic E-state index is 0.448. The van der Waals surface area contributed by atoms with Crippen molar-refractivity contribution in [3.63, 3.8) is 0 Å². The number of benzene rings is 1. The van der Waals surface area contributed by atoms with Crippen molar-refractivity contribution in [1.29, 1.82) is 0 Å². The molecule has 22 heavy (non-hydrogen) atoms. The van der Waals surface area contributed by atoms with E-state index >= 15 is 0 Å². The largest absolute Gasteiger partial charge is 0.316 e. The van der Waals surface area contributed by atoms with Crippen LogP contribution in [0, 0.1) is 0 Å². The molecule has 0 N–H and O–H groups in total. The van der Waals surface area contributed by atoms with Gasteiger partial charge in [0.05, 0.1) is 11.0 Å². The lowest BCUT2D eigenvalue weighted by molar-refractivity contribution is 0.287. The van der Waals surface area contributed by atoms with E-state index in [1.54, 1.807) is 11.8 Å². The van der Waals surface area contributed by atoms with Gasteiger partial charge in [0.25, 0.3) is 0 Å². The third-order valence-corrected chi connectivity index (χ3v) is 5.12. The van der Waals surface area contributed by atoms with E-state index in [-0.39, 0.29) is 0 Å². The first-order valence-corrected chi connectivity index (χ1v) is 9.64. The molecule has 0 radical (unpaired) electrons. The van der Waals surface area contributed by atoms with Crippen LogP contribution in [0.2, 0.25) is 5.02 Å². The Bertz CT molecular complexity index is 607. The van der Waals surface area contributed by atoms with Crippen molar-refractivity contribution in [3.8, 4) is 0 Å². The second-order valence-electron chi connectivity index (χ2n) is 5.62. The highest BCUT2D eigenvalue weighted by molar-refractivity contribution is 7.98. The van der Waals surface area contributed by atoms with Gasteiger partial charge in [0.1, 0.15) is 0 Å². The van der Waals surface area contributed by atoms with Crippen molar-refractivity contribution in [3.05, 3.63) is 23.2 Å². The van der Waals surface area contributed by atoms with E-state index in [2.05, 4.69) is 42.6 Å². The normalized spacial score (nSPS) is 13.2. The first-order valence-electron chi connectivity index (χ1n) is 8.04. The molecule has 0 unspecified atom stereocenters. The van der Waals surface area contributed by atoms with Gasteiger partial charge in [0.2, 0.25) is 0 Å². The van der Waals surface area contributed by atoms with Crippen LogP contribution in [0.15, 0.2) is 23.4 Å². The molecule has 0 amide bonds. The average Bonchev–Trinajstić information content (AvgIpc) is 2.88. The minimum atomic E-state index is 0.448. The highest BCUT2D eigenvalue weighted by Crippen LogP contribution is 2.30. The zero-order valence-corrected chi connectivity index (χ0v) is 15.5. The summed E-state index contributed by atoms with van der Waals surface area (Å²) in [6.07, 6.45) is 4.46. The van der Waals surface area contributed by atoms with Gasteiger partial charge in [0.15, 0.2) is 5.16 Å². The van der Waals surface area contributed by atoms with E-state index in [1.807, 2.05) is 12.1 Å². The molecule has 0 bridgehead atoms. The molecule has 0 aliphatic heterocycles. The number of fused-ring (bicyclic) bond motifs is 1. The number of aromatic nitrogens is 2. The van der Waals surface area contributed by atoms with Gasteiger partial charge in [-0.05, 0) is 63.9 Å². The number of rotatable bonds is 8. The van der Waals surface area contributed by atoms with Crippen LogP contribution in [0.5, 0.6) is 0 Å². The van der Waals surface area contributed by atoms with Crippen LogP contribution in [0.3, 0.4) is 0 Å². The van der Waals surface area contributed by atoms with Gasteiger partial charge in [-0.25, -0.2) is 4.98 Å². The number of hydrogen-bond donors (Lipinski definition) is 0. The smallest absolute Gasteiger partial charge is 0.169 e. The summed E-state index contributed by atoms with van der Waals surface area (Å²) in [5, 5.41) is 1.83. The first-order chi connectivity index (χ1) is 10.6. The molecular weight excluding hydrogens is 314 g/mol. The summed E-state index contributed by atoms with van der Waals surface area (Å²) in [6.45, 7) is 10.2. The Hall–Kier alpha value is -0.710. The molecule has 0 saturated heterocycles. The fraction of sp³-hybridized carbons (Fsp3) is 0.588. The molecule has 2 aromatic rings. The standard InChI is InChI=1S/C17H26ClN3S/c1-5-20(6-2)11-7-8-13(3)21-16-10-9-14(18)12-15(16)19-17(21)22-4/h9-10,12-13H,5-8,11H2,1-4H3/t13-/m1/s1. The second kappa shape index (κ2) is 8.23. The summed E-state index contributed by atoms with van der Waals surface area (Å²) in [5.41, 5.74) is 2.18. The van der Waals surface area contributed by atoms with Crippen LogP contribution in [0.25, 0.3) is 11.0 Å². The average molecular weight is 340 g/mol. The number of imidazole rings is 1. The van der Waals surface area contributed by atoms with Crippen LogP contribution in [-0.4, -0.2) is 40.3 Å². The van der Waals surface area contributed by atoms with Crippen LogP contribution in [0.4, 0.5) is 0 Å². The predicted molar refractivity (Wildman–Crippen MR) is 98.3 cm³/mol. The van der Waals surface area contributed by atoms with Crippen molar-refractivity contribution in [2.75, 3.05) is 25.9 Å². The maximum atomic E-state index is 6.09. The lowest BCUT2D eigenvalue weighted by Gasteiger charge is -2.21. The molecule has 0 fully saturated rings. The van der Waals surface area contributed by atoms with E-state index < -0.39 is 0 Å². The molecule has 3 nitrogen and oxygen atoms in total. The van der Waals surface area contributed by atoms with Crippen LogP contribution >= 0.6 is 23.4 Å². The topological polar surface area (TPSA) is 21.1 Å². The van der Waals surface area contributed by atoms with E-state index in [1.165, 1.54) is 18.5 Å². The van der Waals surface area contributed by atoms with Crippen molar-refractivity contribution in [2.45, 2.75) is 44.8 Å². The summed E-state index contributed by atoms with van der Waals surface area (Å²) in [6, 6.07) is 6.44. The summed E-state index contributed by atoms with van der Waals surface area (Å²) < 4.78 is 2.36. The van der Waals surface area contributed by atoms with Crippen molar-refractivity contribution in [2.24, 2.45) is 0 Å². The Morgan fingerprint density at radius 3 is 2.68 bits per heavy atom. The number of halogens is 1. The Morgan fingerprint density at radius 1 is 1.32 bits per heavy atom. The first kappa shape index (κ1) is 17.6. The molecule has 0 aliphatic rings. The minimum Gasteiger partial charge on any atom is -0.316 e. The number of thioether (sulfide) groups is 1. The zero-order valence-electron chi connectivity index (χ0n) is 14.0. The van der Waals surface area contributed by atoms with Crippen LogP contribution < -0.4 is 0 Å². The van der Waals surface area contributed by atoms with Crippen molar-refractivity contribution >= 4 is 34.4 Å². The molecule has 2 rings (SSSR count). The molecule has 0 aliphatic carbocycles. The number of hydrogen-bond acceptors (Lipinski definition) is 3. The molecule has 0 spiro atoms. The summed E-state index contributed by atoms with van der Waals surface area (Å²) in [7, 11) is 0. The Labute approximate surface area is 143 Å². The Morgan fingerprint density at radius 2 is 2.05 bits per heavy atom. The van der Waals surface area contributed by atoms with Crippen molar-refractivity contribution < 1.29 is 0 Å². The van der Waals surface area contributed by atoms with Crippen LogP contribution in [-0.2, 0) is 0 Å². The second-order valence-corrected chi connectivity index (χ2v) is 6.83. The van der Waals surface area contributed by atoms with Crippen LogP contribution in [0.1, 0.15) is 39.7 Å². The molecule has 1 atom stereocenters. The molecule has 1 aromatic carbocycles. The number of nitrogens with zero attached hydrogens (tertiary/aromatic N) is 3. The summed E-state index contributed by atoms with van der Waals surface area (Å²) in [5.74, 6) is 0. The predicted octanol–water partition coefficient (Wildman–Crippen LogP) is 5.09. The molecule has 1 aromatic heterocycles. The summed E-state index contributed by atoms with van der Waals surface area (Å²) >= 11 is 7.79. The summed E-state index contributed by atoms with van der Waals surface area (Å²) in [4.78, 5) is 7.20. The maximum absolute atomic E-state index is 6.09. The van der Waals surface area contributed by atoms with E-state index in [4.69, 9.17) is 16.6 Å². The van der Waals surface area contributed by atoms with Gasteiger partial charge in [-0.3, -0.25) is 0 Å². The molecule has 5 heteroatoms. The molecule has 122 valence electrons. The van der Waals surface area contributed by atoms with Crippen molar-refractivity contribution in [1.82, 2.24) is 14.5 Å². The Balaban J connectivity index is 2.14. The van der Waals surface area contributed by atoms with Gasteiger partial charge in [-0.15, -0.1) is 0 Å². The highest BCUT2D eigenvalue weighted by atomic mass is 35.5. The Kier molecular flexibility index (Phi) is 6.60. The maximum Gasteiger partial charge on any atom is 0.169 e. The SMILES string of the molecule is CCN(CC)CCC[C@@H](C)n1c(SC)nc2cc(Cl)ccc21. The van der Waals surface area contributed by atoms with E-state index in [0.29, 0.717) is 6.04 Å². The molecular formula is C17H26ClN3S. The molecule has 0 saturated carbocycles. The zero-order chi connectivity index (χ0) is 16.1. The van der Waals surface area contributed by atoms with Gasteiger partial charge in [-0.1, -0.05) is 37.2 Å². The van der Waals surface area contributed by atoms with E-state index in [9.17, 15) is 0 Å². The van der Waals surface area contributed by atoms with Gasteiger partial charge in [0, 0.05) is 11.1 Å². The van der Waals surface area contributed by atoms with Gasteiger partial charge >= 0.3 is 0 Å². The van der Waals surface area contributed by atoms with E-state index in [0.717, 1.165) is 35.2 Å². The fourth-order valence-corrected chi connectivity index (χ4v) is 3.73. The highest BCUT2D eigenvalue weighted by Gasteiger charge is 2.15. The quantitative estimate of drug-likeness (QED) is 0.625. The van der Waals surface area contributed by atoms with Gasteiger partial charge < -0.3 is 9.47 Å². The molecule has 1 heterocycles. The lowest BCUT2D eigenvalue weighted by atomic mass is 10.1. The fourth-order valence-electron chi connectivity index (χ4n) is 2.90. The lowest BCUT2D eigenvalue weighted by Crippen LogP contribution is -2.24. The monoisotopic (exact) mass is 339 g/mol. The third-order valence-electron chi connectivity index (χ3n) is 4.23.